The second kappa shape index (κ2) is 10.2. The zero-order valence-electron chi connectivity index (χ0n) is 19.8. The van der Waals surface area contributed by atoms with E-state index in [1.54, 1.807) is 13.0 Å². The summed E-state index contributed by atoms with van der Waals surface area (Å²) in [7, 11) is 0. The summed E-state index contributed by atoms with van der Waals surface area (Å²) in [5, 5.41) is 6.36. The Hall–Kier alpha value is -3.45. The predicted octanol–water partition coefficient (Wildman–Crippen LogP) is 5.43. The van der Waals surface area contributed by atoms with Crippen molar-refractivity contribution in [3.05, 3.63) is 87.6 Å². The largest absolute Gasteiger partial charge is 0.462 e. The van der Waals surface area contributed by atoms with Crippen molar-refractivity contribution < 1.29 is 14.3 Å². The number of aryl methyl sites for hydroxylation is 2. The number of rotatable bonds is 7. The van der Waals surface area contributed by atoms with E-state index in [1.807, 2.05) is 50.3 Å². The van der Waals surface area contributed by atoms with Crippen LogP contribution in [-0.4, -0.2) is 28.5 Å². The Balaban J connectivity index is 1.55. The van der Waals surface area contributed by atoms with Gasteiger partial charge in [-0.25, -0.2) is 4.79 Å². The fourth-order valence-electron chi connectivity index (χ4n) is 4.01. The van der Waals surface area contributed by atoms with Crippen LogP contribution in [-0.2, 0) is 16.0 Å². The van der Waals surface area contributed by atoms with Gasteiger partial charge < -0.3 is 19.9 Å². The zero-order valence-corrected chi connectivity index (χ0v) is 20.7. The first-order chi connectivity index (χ1) is 16.4. The summed E-state index contributed by atoms with van der Waals surface area (Å²) in [6.45, 7) is 8.28. The highest BCUT2D eigenvalue weighted by Gasteiger charge is 2.27. The predicted molar refractivity (Wildman–Crippen MR) is 138 cm³/mol. The first kappa shape index (κ1) is 23.7. The van der Waals surface area contributed by atoms with Crippen LogP contribution in [0.15, 0.2) is 59.5 Å². The van der Waals surface area contributed by atoms with Gasteiger partial charge in [0.25, 0.3) is 5.91 Å². The van der Waals surface area contributed by atoms with Crippen molar-refractivity contribution in [2.24, 2.45) is 0 Å². The van der Waals surface area contributed by atoms with Gasteiger partial charge in [0.1, 0.15) is 0 Å². The number of esters is 1. The first-order valence-corrected chi connectivity index (χ1v) is 12.3. The summed E-state index contributed by atoms with van der Waals surface area (Å²) in [6, 6.07) is 17.7. The van der Waals surface area contributed by atoms with Gasteiger partial charge in [-0.15, -0.1) is 0 Å². The van der Waals surface area contributed by atoms with Crippen molar-refractivity contribution in [2.45, 2.75) is 39.6 Å². The van der Waals surface area contributed by atoms with E-state index in [0.717, 1.165) is 34.7 Å². The van der Waals surface area contributed by atoms with Gasteiger partial charge in [0.2, 0.25) is 0 Å². The van der Waals surface area contributed by atoms with E-state index in [-0.39, 0.29) is 17.4 Å². The number of thioether (sulfide) groups is 1. The molecule has 0 unspecified atom stereocenters. The molecule has 2 aromatic carbocycles. The highest BCUT2D eigenvalue weighted by atomic mass is 32.2. The molecule has 0 radical (unpaired) electrons. The van der Waals surface area contributed by atoms with Gasteiger partial charge in [0, 0.05) is 22.8 Å². The highest BCUT2D eigenvalue weighted by molar-refractivity contribution is 8.05. The molecular formula is C27H29N3O3S. The number of hydrogen-bond acceptors (Lipinski definition) is 5. The fraction of sp³-hybridized carbons (Fsp3) is 0.259. The zero-order chi connectivity index (χ0) is 24.2. The van der Waals surface area contributed by atoms with E-state index in [4.69, 9.17) is 4.74 Å². The molecule has 3 aromatic rings. The third kappa shape index (κ3) is 5.04. The number of hydrogen-bond donors (Lipinski definition) is 2. The summed E-state index contributed by atoms with van der Waals surface area (Å²) < 4.78 is 7.22. The molecule has 7 heteroatoms. The lowest BCUT2D eigenvalue weighted by molar-refractivity contribution is -0.116. The highest BCUT2D eigenvalue weighted by Crippen LogP contribution is 2.32. The number of ether oxygens (including phenoxy) is 1. The molecule has 1 aliphatic heterocycles. The van der Waals surface area contributed by atoms with E-state index in [1.165, 1.54) is 17.3 Å². The molecule has 0 spiro atoms. The van der Waals surface area contributed by atoms with Crippen LogP contribution in [0.1, 0.15) is 46.7 Å². The lowest BCUT2D eigenvalue weighted by atomic mass is 10.1. The second-order valence-electron chi connectivity index (χ2n) is 8.11. The van der Waals surface area contributed by atoms with Gasteiger partial charge in [-0.05, 0) is 80.8 Å². The number of carbonyl (C=O) groups excluding carboxylic acids is 2. The van der Waals surface area contributed by atoms with Gasteiger partial charge >= 0.3 is 5.97 Å². The molecule has 4 rings (SSSR count). The Morgan fingerprint density at radius 2 is 1.91 bits per heavy atom. The third-order valence-electron chi connectivity index (χ3n) is 5.76. The van der Waals surface area contributed by atoms with Gasteiger partial charge in [-0.2, -0.15) is 0 Å². The average molecular weight is 476 g/mol. The summed E-state index contributed by atoms with van der Waals surface area (Å²) in [5.41, 5.74) is 6.38. The van der Waals surface area contributed by atoms with Gasteiger partial charge in [-0.3, -0.25) is 4.79 Å². The number of amides is 1. The lowest BCUT2D eigenvalue weighted by Crippen LogP contribution is -2.30. The standard InChI is InChI=1S/C27H29N3O3S/c1-5-19-10-12-22(13-11-19)28-27-29-25(31)24(34-27)16-21-14-17(3)30(18(21)4)23-9-7-8-20(15-23)26(32)33-6-2/h7-16,27-28H,5-6H2,1-4H3,(H,29,31)/b24-16-/t27-/m1/s1. The Labute approximate surface area is 204 Å². The van der Waals surface area contributed by atoms with Crippen LogP contribution < -0.4 is 10.6 Å². The topological polar surface area (TPSA) is 72.4 Å². The first-order valence-electron chi connectivity index (χ1n) is 11.4. The average Bonchev–Trinajstić information content (AvgIpc) is 3.31. The molecular weight excluding hydrogens is 446 g/mol. The van der Waals surface area contributed by atoms with Crippen molar-refractivity contribution in [3.8, 4) is 5.69 Å². The van der Waals surface area contributed by atoms with Gasteiger partial charge in [0.15, 0.2) is 5.50 Å². The van der Waals surface area contributed by atoms with Crippen LogP contribution in [0.2, 0.25) is 0 Å². The van der Waals surface area contributed by atoms with Gasteiger partial charge in [-0.1, -0.05) is 36.9 Å². The van der Waals surface area contributed by atoms with Crippen molar-refractivity contribution in [1.29, 1.82) is 0 Å². The maximum atomic E-state index is 12.6. The van der Waals surface area contributed by atoms with Crippen molar-refractivity contribution in [3.63, 3.8) is 0 Å². The molecule has 1 amide bonds. The molecule has 0 aliphatic carbocycles. The number of anilines is 1. The number of nitrogens with one attached hydrogen (secondary N) is 2. The van der Waals surface area contributed by atoms with Crippen LogP contribution in [0, 0.1) is 13.8 Å². The van der Waals surface area contributed by atoms with Gasteiger partial charge in [0.05, 0.1) is 17.1 Å². The molecule has 0 saturated carbocycles. The smallest absolute Gasteiger partial charge is 0.338 e. The van der Waals surface area contributed by atoms with E-state index < -0.39 is 0 Å². The molecule has 1 fully saturated rings. The van der Waals surface area contributed by atoms with Crippen LogP contribution in [0.3, 0.4) is 0 Å². The SMILES string of the molecule is CCOC(=O)c1cccc(-n2c(C)cc(/C=C3\S[C@H](Nc4ccc(CC)cc4)NC3=O)c2C)c1. The molecule has 2 heterocycles. The fourth-order valence-corrected chi connectivity index (χ4v) is 4.99. The number of nitrogens with zero attached hydrogens (tertiary/aromatic N) is 1. The molecule has 2 N–H and O–H groups in total. The van der Waals surface area contributed by atoms with Crippen LogP contribution in [0.4, 0.5) is 5.69 Å². The van der Waals surface area contributed by atoms with Crippen LogP contribution in [0.25, 0.3) is 11.8 Å². The normalized spacial score (nSPS) is 16.5. The summed E-state index contributed by atoms with van der Waals surface area (Å²) in [4.78, 5) is 25.5. The molecule has 176 valence electrons. The quantitative estimate of drug-likeness (QED) is 0.352. The number of aromatic nitrogens is 1. The summed E-state index contributed by atoms with van der Waals surface area (Å²) >= 11 is 1.47. The Bertz CT molecular complexity index is 1240. The minimum absolute atomic E-state index is 0.0956. The van der Waals surface area contributed by atoms with Crippen molar-refractivity contribution in [2.75, 3.05) is 11.9 Å². The lowest BCUT2D eigenvalue weighted by Gasteiger charge is -2.13. The maximum Gasteiger partial charge on any atom is 0.338 e. The molecule has 34 heavy (non-hydrogen) atoms. The van der Waals surface area contributed by atoms with E-state index in [0.29, 0.717) is 17.1 Å². The van der Waals surface area contributed by atoms with Crippen molar-refractivity contribution in [1.82, 2.24) is 9.88 Å². The Morgan fingerprint density at radius 1 is 1.15 bits per heavy atom. The second-order valence-corrected chi connectivity index (χ2v) is 9.25. The van der Waals surface area contributed by atoms with Crippen molar-refractivity contribution >= 4 is 35.4 Å². The minimum atomic E-state index is -0.337. The minimum Gasteiger partial charge on any atom is -0.462 e. The molecule has 1 aromatic heterocycles. The number of carbonyl (C=O) groups is 2. The van der Waals surface area contributed by atoms with E-state index in [2.05, 4.69) is 40.3 Å². The molecule has 1 atom stereocenters. The van der Waals surface area contributed by atoms with E-state index >= 15 is 0 Å². The monoisotopic (exact) mass is 475 g/mol. The van der Waals surface area contributed by atoms with E-state index in [9.17, 15) is 9.59 Å². The van der Waals surface area contributed by atoms with Crippen LogP contribution >= 0.6 is 11.8 Å². The number of benzene rings is 2. The summed E-state index contributed by atoms with van der Waals surface area (Å²) in [5.74, 6) is -0.433. The maximum absolute atomic E-state index is 12.6. The van der Waals surface area contributed by atoms with Crippen LogP contribution in [0.5, 0.6) is 0 Å². The molecule has 0 bridgehead atoms. The third-order valence-corrected chi connectivity index (χ3v) is 6.79. The Morgan fingerprint density at radius 3 is 2.62 bits per heavy atom. The molecule has 1 saturated heterocycles. The molecule has 1 aliphatic rings. The molecule has 6 nitrogen and oxygen atoms in total. The summed E-state index contributed by atoms with van der Waals surface area (Å²) in [6.07, 6.45) is 2.92. The Kier molecular flexibility index (Phi) is 7.12.